The van der Waals surface area contributed by atoms with Crippen molar-refractivity contribution >= 4 is 0 Å². The lowest BCUT2D eigenvalue weighted by Gasteiger charge is -2.34. The molecule has 1 saturated heterocycles. The normalized spacial score (nSPS) is 33.6. The Bertz CT molecular complexity index is 510. The summed E-state index contributed by atoms with van der Waals surface area (Å²) in [6.45, 7) is -0.254. The number of rotatable bonds is 1. The van der Waals surface area contributed by atoms with Gasteiger partial charge in [-0.3, -0.25) is 9.78 Å². The molecule has 1 aromatic rings. The van der Waals surface area contributed by atoms with Crippen LogP contribution < -0.4 is 11.2 Å². The standard InChI is InChI=1S/C8H11N3O6/c12-3-2-17-7(6(15)5(3)14)11-8(16)10-4(13)1-9-11/h1,3,5-7,12,14-15H,2H2,(H,10,13,16)/t3-,5-,6+,7+/m1/s1. The molecule has 1 aliphatic heterocycles. The van der Waals surface area contributed by atoms with Crippen molar-refractivity contribution in [1.82, 2.24) is 14.8 Å². The maximum absolute atomic E-state index is 11.4. The fourth-order valence-corrected chi connectivity index (χ4v) is 1.55. The average Bonchev–Trinajstić information content (AvgIpc) is 2.28. The van der Waals surface area contributed by atoms with Gasteiger partial charge in [0.1, 0.15) is 24.5 Å². The molecule has 1 aliphatic rings. The lowest BCUT2D eigenvalue weighted by atomic mass is 10.0. The quantitative estimate of drug-likeness (QED) is 0.403. The van der Waals surface area contributed by atoms with Gasteiger partial charge in [0.15, 0.2) is 6.23 Å². The number of nitrogens with zero attached hydrogens (tertiary/aromatic N) is 2. The largest absolute Gasteiger partial charge is 0.388 e. The molecule has 2 rings (SSSR count). The Balaban J connectivity index is 2.34. The minimum atomic E-state index is -1.52. The number of hydrogen-bond donors (Lipinski definition) is 4. The first-order chi connectivity index (χ1) is 8.00. The van der Waals surface area contributed by atoms with Crippen LogP contribution in [0.15, 0.2) is 15.8 Å². The molecule has 0 amide bonds. The molecule has 1 fully saturated rings. The number of aliphatic hydroxyl groups excluding tert-OH is 3. The highest BCUT2D eigenvalue weighted by Gasteiger charge is 2.39. The van der Waals surface area contributed by atoms with Crippen LogP contribution in [0.1, 0.15) is 6.23 Å². The minimum absolute atomic E-state index is 0.254. The molecule has 0 bridgehead atoms. The van der Waals surface area contributed by atoms with E-state index in [0.29, 0.717) is 4.68 Å². The number of hydrogen-bond acceptors (Lipinski definition) is 7. The van der Waals surface area contributed by atoms with Gasteiger partial charge in [-0.1, -0.05) is 0 Å². The van der Waals surface area contributed by atoms with Crippen LogP contribution in [0.5, 0.6) is 0 Å². The van der Waals surface area contributed by atoms with Gasteiger partial charge in [-0.25, -0.2) is 4.79 Å². The van der Waals surface area contributed by atoms with Gasteiger partial charge in [0.25, 0.3) is 5.56 Å². The minimum Gasteiger partial charge on any atom is -0.388 e. The van der Waals surface area contributed by atoms with E-state index in [9.17, 15) is 24.9 Å². The predicted octanol–water partition coefficient (Wildman–Crippen LogP) is -3.46. The molecule has 2 heterocycles. The lowest BCUT2D eigenvalue weighted by Crippen LogP contribution is -2.53. The summed E-state index contributed by atoms with van der Waals surface area (Å²) in [6.07, 6.45) is -4.61. The topological polar surface area (TPSA) is 138 Å². The van der Waals surface area contributed by atoms with E-state index in [2.05, 4.69) is 5.10 Å². The third-order valence-electron chi connectivity index (χ3n) is 2.45. The van der Waals surface area contributed by atoms with Crippen molar-refractivity contribution in [3.05, 3.63) is 27.0 Å². The van der Waals surface area contributed by atoms with Crippen LogP contribution in [0.4, 0.5) is 0 Å². The summed E-state index contributed by atoms with van der Waals surface area (Å²) in [6, 6.07) is 0. The van der Waals surface area contributed by atoms with Crippen LogP contribution in [-0.2, 0) is 4.74 Å². The van der Waals surface area contributed by atoms with Gasteiger partial charge < -0.3 is 20.1 Å². The molecule has 0 spiro atoms. The Labute approximate surface area is 93.9 Å². The Kier molecular flexibility index (Phi) is 3.07. The highest BCUT2D eigenvalue weighted by Crippen LogP contribution is 2.21. The first kappa shape index (κ1) is 11.9. The van der Waals surface area contributed by atoms with Crippen LogP contribution >= 0.6 is 0 Å². The summed E-state index contributed by atoms with van der Waals surface area (Å²) in [5.41, 5.74) is -1.55. The molecule has 9 nitrogen and oxygen atoms in total. The molecule has 0 aromatic carbocycles. The number of aromatic amines is 1. The number of aliphatic hydroxyl groups is 3. The molecule has 17 heavy (non-hydrogen) atoms. The van der Waals surface area contributed by atoms with E-state index >= 15 is 0 Å². The summed E-state index contributed by atoms with van der Waals surface area (Å²) in [7, 11) is 0. The van der Waals surface area contributed by atoms with Crippen molar-refractivity contribution in [1.29, 1.82) is 0 Å². The van der Waals surface area contributed by atoms with Crippen molar-refractivity contribution in [3.63, 3.8) is 0 Å². The van der Waals surface area contributed by atoms with E-state index in [1.165, 1.54) is 0 Å². The molecule has 0 saturated carbocycles. The van der Waals surface area contributed by atoms with E-state index in [1.807, 2.05) is 4.98 Å². The third kappa shape index (κ3) is 2.13. The van der Waals surface area contributed by atoms with Crippen LogP contribution in [0.3, 0.4) is 0 Å². The van der Waals surface area contributed by atoms with Crippen LogP contribution in [0.25, 0.3) is 0 Å². The highest BCUT2D eigenvalue weighted by molar-refractivity contribution is 4.85. The van der Waals surface area contributed by atoms with Crippen molar-refractivity contribution in [3.8, 4) is 0 Å². The van der Waals surface area contributed by atoms with E-state index in [4.69, 9.17) is 4.74 Å². The highest BCUT2D eigenvalue weighted by atomic mass is 16.5. The molecule has 1 aromatic heterocycles. The number of H-pyrrole nitrogens is 1. The molecule has 94 valence electrons. The van der Waals surface area contributed by atoms with Crippen molar-refractivity contribution in [2.45, 2.75) is 24.5 Å². The second-order valence-corrected chi connectivity index (χ2v) is 3.66. The molecule has 0 radical (unpaired) electrons. The van der Waals surface area contributed by atoms with Gasteiger partial charge >= 0.3 is 5.69 Å². The van der Waals surface area contributed by atoms with Crippen molar-refractivity contribution < 1.29 is 20.1 Å². The fraction of sp³-hybridized carbons (Fsp3) is 0.625. The first-order valence-corrected chi connectivity index (χ1v) is 4.84. The Morgan fingerprint density at radius 3 is 2.71 bits per heavy atom. The number of nitrogens with one attached hydrogen (secondary N) is 1. The van der Waals surface area contributed by atoms with E-state index in [1.54, 1.807) is 0 Å². The zero-order valence-electron chi connectivity index (χ0n) is 8.55. The second kappa shape index (κ2) is 4.37. The predicted molar refractivity (Wildman–Crippen MR) is 52.1 cm³/mol. The first-order valence-electron chi connectivity index (χ1n) is 4.84. The summed E-state index contributed by atoms with van der Waals surface area (Å²) in [5, 5.41) is 31.8. The summed E-state index contributed by atoms with van der Waals surface area (Å²) >= 11 is 0. The lowest BCUT2D eigenvalue weighted by molar-refractivity contribution is -0.215. The number of aromatic nitrogens is 3. The second-order valence-electron chi connectivity index (χ2n) is 3.66. The molecular weight excluding hydrogens is 234 g/mol. The van der Waals surface area contributed by atoms with Gasteiger partial charge in [0.05, 0.1) is 6.61 Å². The zero-order valence-corrected chi connectivity index (χ0v) is 8.55. The van der Waals surface area contributed by atoms with Gasteiger partial charge in [0.2, 0.25) is 0 Å². The average molecular weight is 245 g/mol. The third-order valence-corrected chi connectivity index (χ3v) is 2.45. The van der Waals surface area contributed by atoms with Crippen LogP contribution in [-0.4, -0.2) is 55.0 Å². The smallest absolute Gasteiger partial charge is 0.347 e. The van der Waals surface area contributed by atoms with E-state index in [0.717, 1.165) is 6.20 Å². The zero-order chi connectivity index (χ0) is 12.6. The Morgan fingerprint density at radius 1 is 1.35 bits per heavy atom. The molecule has 4 atom stereocenters. The molecule has 0 unspecified atom stereocenters. The Morgan fingerprint density at radius 2 is 2.06 bits per heavy atom. The maximum Gasteiger partial charge on any atom is 0.347 e. The summed E-state index contributed by atoms with van der Waals surface area (Å²) in [5.74, 6) is 0. The fourth-order valence-electron chi connectivity index (χ4n) is 1.55. The van der Waals surface area contributed by atoms with E-state index < -0.39 is 35.8 Å². The molecule has 4 N–H and O–H groups in total. The van der Waals surface area contributed by atoms with Crippen molar-refractivity contribution in [2.24, 2.45) is 0 Å². The summed E-state index contributed by atoms with van der Waals surface area (Å²) < 4.78 is 5.69. The van der Waals surface area contributed by atoms with Crippen LogP contribution in [0, 0.1) is 0 Å². The van der Waals surface area contributed by atoms with E-state index in [-0.39, 0.29) is 6.61 Å². The van der Waals surface area contributed by atoms with Crippen LogP contribution in [0.2, 0.25) is 0 Å². The monoisotopic (exact) mass is 245 g/mol. The van der Waals surface area contributed by atoms with Gasteiger partial charge in [0, 0.05) is 0 Å². The number of ether oxygens (including phenoxy) is 1. The SMILES string of the molecule is O=c1cnn([C@H]2OC[C@@H](O)[C@@H](O)[C@@H]2O)c(=O)[nH]1. The molecule has 9 heteroatoms. The van der Waals surface area contributed by atoms with Crippen molar-refractivity contribution in [2.75, 3.05) is 6.61 Å². The molecular formula is C8H11N3O6. The van der Waals surface area contributed by atoms with Gasteiger partial charge in [-0.2, -0.15) is 9.78 Å². The molecule has 0 aliphatic carbocycles. The van der Waals surface area contributed by atoms with Gasteiger partial charge in [-0.05, 0) is 0 Å². The summed E-state index contributed by atoms with van der Waals surface area (Å²) in [4.78, 5) is 24.1. The van der Waals surface area contributed by atoms with Gasteiger partial charge in [-0.15, -0.1) is 0 Å². The maximum atomic E-state index is 11.4. The Hall–Kier alpha value is -1.55.